The fourth-order valence-electron chi connectivity index (χ4n) is 3.76. The zero-order chi connectivity index (χ0) is 19.9. The summed E-state index contributed by atoms with van der Waals surface area (Å²) in [4.78, 5) is 28.6. The molecule has 1 N–H and O–H groups in total. The Hall–Kier alpha value is -2.75. The lowest BCUT2D eigenvalue weighted by atomic mass is 9.96. The number of carbonyl (C=O) groups excluding carboxylic acids is 2. The third-order valence-electron chi connectivity index (χ3n) is 5.46. The van der Waals surface area contributed by atoms with Gasteiger partial charge in [0.05, 0.1) is 11.6 Å². The van der Waals surface area contributed by atoms with Gasteiger partial charge in [0.25, 0.3) is 5.91 Å². The molecule has 1 heterocycles. The van der Waals surface area contributed by atoms with E-state index in [9.17, 15) is 9.59 Å². The molecule has 1 saturated carbocycles. The minimum absolute atomic E-state index is 0.0131. The fourth-order valence-corrected chi connectivity index (χ4v) is 3.76. The number of carbonyl (C=O) groups is 2. The highest BCUT2D eigenvalue weighted by Gasteiger charge is 2.28. The van der Waals surface area contributed by atoms with Crippen molar-refractivity contribution in [2.75, 3.05) is 26.2 Å². The second kappa shape index (κ2) is 9.45. The van der Waals surface area contributed by atoms with Crippen molar-refractivity contribution >= 4 is 11.9 Å². The number of rotatable bonds is 4. The van der Waals surface area contributed by atoms with E-state index >= 15 is 0 Å². The minimum atomic E-state index is -0.615. The van der Waals surface area contributed by atoms with E-state index < -0.39 is 6.10 Å². The first-order chi connectivity index (χ1) is 13.6. The van der Waals surface area contributed by atoms with Gasteiger partial charge < -0.3 is 19.9 Å². The Labute approximate surface area is 166 Å². The molecule has 3 rings (SSSR count). The number of piperazine rings is 1. The topological polar surface area (TPSA) is 85.7 Å². The van der Waals surface area contributed by atoms with E-state index in [4.69, 9.17) is 10.00 Å². The van der Waals surface area contributed by atoms with Crippen molar-refractivity contribution in [3.05, 3.63) is 29.8 Å². The standard InChI is InChI=1S/C21H28N4O3/c1-16(28-19-9-7-17(15-22)8-10-19)20(26)24-11-13-25(14-12-24)21(27)23-18-5-3-2-4-6-18/h7-10,16,18H,2-6,11-14H2,1H3,(H,23,27). The molecular formula is C21H28N4O3. The number of urea groups is 1. The quantitative estimate of drug-likeness (QED) is 0.864. The maximum absolute atomic E-state index is 12.6. The van der Waals surface area contributed by atoms with Gasteiger partial charge in [0.15, 0.2) is 6.10 Å². The Kier molecular flexibility index (Phi) is 6.75. The number of benzene rings is 1. The first-order valence-electron chi connectivity index (χ1n) is 10.1. The smallest absolute Gasteiger partial charge is 0.317 e. The predicted molar refractivity (Wildman–Crippen MR) is 105 cm³/mol. The van der Waals surface area contributed by atoms with Crippen LogP contribution in [0.3, 0.4) is 0 Å². The third kappa shape index (κ3) is 5.16. The second-order valence-electron chi connectivity index (χ2n) is 7.49. The number of ether oxygens (including phenoxy) is 1. The fraction of sp³-hybridized carbons (Fsp3) is 0.571. The molecule has 1 aromatic rings. The monoisotopic (exact) mass is 384 g/mol. The Morgan fingerprint density at radius 1 is 1.07 bits per heavy atom. The highest BCUT2D eigenvalue weighted by molar-refractivity contribution is 5.81. The van der Waals surface area contributed by atoms with E-state index in [1.807, 2.05) is 0 Å². The van der Waals surface area contributed by atoms with Crippen LogP contribution < -0.4 is 10.1 Å². The first-order valence-corrected chi connectivity index (χ1v) is 10.1. The molecule has 28 heavy (non-hydrogen) atoms. The number of amides is 3. The highest BCUT2D eigenvalue weighted by atomic mass is 16.5. The van der Waals surface area contributed by atoms with E-state index in [0.717, 1.165) is 12.8 Å². The van der Waals surface area contributed by atoms with Gasteiger partial charge in [0, 0.05) is 32.2 Å². The Bertz CT molecular complexity index is 714. The number of nitrogens with zero attached hydrogens (tertiary/aromatic N) is 3. The van der Waals surface area contributed by atoms with Gasteiger partial charge in [-0.15, -0.1) is 0 Å². The molecule has 7 nitrogen and oxygen atoms in total. The van der Waals surface area contributed by atoms with Crippen LogP contribution in [0, 0.1) is 11.3 Å². The Morgan fingerprint density at radius 3 is 2.29 bits per heavy atom. The molecule has 150 valence electrons. The summed E-state index contributed by atoms with van der Waals surface area (Å²) in [6.45, 7) is 3.82. The summed E-state index contributed by atoms with van der Waals surface area (Å²) < 4.78 is 5.71. The van der Waals surface area contributed by atoms with Gasteiger partial charge in [0.2, 0.25) is 0 Å². The molecule has 0 bridgehead atoms. The average Bonchev–Trinajstić information content (AvgIpc) is 2.74. The first kappa shape index (κ1) is 20.0. The van der Waals surface area contributed by atoms with Crippen LogP contribution in [0.25, 0.3) is 0 Å². The van der Waals surface area contributed by atoms with E-state index in [1.165, 1.54) is 19.3 Å². The van der Waals surface area contributed by atoms with Gasteiger partial charge in [-0.05, 0) is 44.0 Å². The van der Waals surface area contributed by atoms with Crippen LogP contribution in [0.2, 0.25) is 0 Å². The van der Waals surface area contributed by atoms with Crippen molar-refractivity contribution < 1.29 is 14.3 Å². The van der Waals surface area contributed by atoms with Crippen molar-refractivity contribution in [1.82, 2.24) is 15.1 Å². The number of hydrogen-bond donors (Lipinski definition) is 1. The summed E-state index contributed by atoms with van der Waals surface area (Å²) in [5.74, 6) is 0.474. The normalized spacial score (nSPS) is 18.9. The highest BCUT2D eigenvalue weighted by Crippen LogP contribution is 2.18. The number of hydrogen-bond acceptors (Lipinski definition) is 4. The Morgan fingerprint density at radius 2 is 1.68 bits per heavy atom. The molecule has 1 atom stereocenters. The van der Waals surface area contributed by atoms with Gasteiger partial charge in [0.1, 0.15) is 5.75 Å². The average molecular weight is 384 g/mol. The zero-order valence-electron chi connectivity index (χ0n) is 16.4. The largest absolute Gasteiger partial charge is 0.481 e. The lowest BCUT2D eigenvalue weighted by Gasteiger charge is -2.36. The van der Waals surface area contributed by atoms with E-state index in [-0.39, 0.29) is 11.9 Å². The molecule has 0 aromatic heterocycles. The van der Waals surface area contributed by atoms with Crippen LogP contribution in [0.1, 0.15) is 44.6 Å². The molecule has 3 amide bonds. The maximum atomic E-state index is 12.6. The Balaban J connectivity index is 1.44. The molecule has 7 heteroatoms. The van der Waals surface area contributed by atoms with E-state index in [0.29, 0.717) is 43.5 Å². The SMILES string of the molecule is CC(Oc1ccc(C#N)cc1)C(=O)N1CCN(C(=O)NC2CCCCC2)CC1. The van der Waals surface area contributed by atoms with Crippen molar-refractivity contribution in [3.63, 3.8) is 0 Å². The summed E-state index contributed by atoms with van der Waals surface area (Å²) in [5.41, 5.74) is 0.550. The summed E-state index contributed by atoms with van der Waals surface area (Å²) in [6, 6.07) is 9.04. The van der Waals surface area contributed by atoms with Crippen molar-refractivity contribution in [1.29, 1.82) is 5.26 Å². The van der Waals surface area contributed by atoms with Crippen LogP contribution in [0.5, 0.6) is 5.75 Å². The number of nitriles is 1. The van der Waals surface area contributed by atoms with Crippen LogP contribution in [0.4, 0.5) is 4.79 Å². The summed E-state index contributed by atoms with van der Waals surface area (Å²) >= 11 is 0. The molecule has 1 unspecified atom stereocenters. The van der Waals surface area contributed by atoms with Gasteiger partial charge >= 0.3 is 6.03 Å². The molecular weight excluding hydrogens is 356 g/mol. The lowest BCUT2D eigenvalue weighted by Crippen LogP contribution is -2.56. The van der Waals surface area contributed by atoms with Crippen LogP contribution in [0.15, 0.2) is 24.3 Å². The summed E-state index contributed by atoms with van der Waals surface area (Å²) in [6.07, 6.45) is 5.14. The van der Waals surface area contributed by atoms with Crippen LogP contribution in [-0.2, 0) is 4.79 Å². The van der Waals surface area contributed by atoms with Crippen molar-refractivity contribution in [2.24, 2.45) is 0 Å². The van der Waals surface area contributed by atoms with Crippen molar-refractivity contribution in [2.45, 2.75) is 51.2 Å². The van der Waals surface area contributed by atoms with E-state index in [1.54, 1.807) is 41.0 Å². The van der Waals surface area contributed by atoms with Crippen molar-refractivity contribution in [3.8, 4) is 11.8 Å². The molecule has 1 saturated heterocycles. The van der Waals surface area contributed by atoms with Crippen LogP contribution >= 0.6 is 0 Å². The molecule has 2 fully saturated rings. The van der Waals surface area contributed by atoms with E-state index in [2.05, 4.69) is 11.4 Å². The molecule has 1 aliphatic carbocycles. The predicted octanol–water partition coefficient (Wildman–Crippen LogP) is 2.51. The molecule has 2 aliphatic rings. The number of nitrogens with one attached hydrogen (secondary N) is 1. The molecule has 1 aliphatic heterocycles. The third-order valence-corrected chi connectivity index (χ3v) is 5.46. The summed E-state index contributed by atoms with van der Waals surface area (Å²) in [5, 5.41) is 12.0. The maximum Gasteiger partial charge on any atom is 0.317 e. The molecule has 1 aromatic carbocycles. The lowest BCUT2D eigenvalue weighted by molar-refractivity contribution is -0.139. The van der Waals surface area contributed by atoms with Gasteiger partial charge in [-0.1, -0.05) is 19.3 Å². The van der Waals surface area contributed by atoms with Gasteiger partial charge in [-0.25, -0.2) is 4.79 Å². The summed E-state index contributed by atoms with van der Waals surface area (Å²) in [7, 11) is 0. The second-order valence-corrected chi connectivity index (χ2v) is 7.49. The van der Waals surface area contributed by atoms with Gasteiger partial charge in [-0.3, -0.25) is 4.79 Å². The minimum Gasteiger partial charge on any atom is -0.481 e. The molecule has 0 spiro atoms. The van der Waals surface area contributed by atoms with Gasteiger partial charge in [-0.2, -0.15) is 5.26 Å². The zero-order valence-corrected chi connectivity index (χ0v) is 16.4. The molecule has 0 radical (unpaired) electrons. The van der Waals surface area contributed by atoms with Crippen LogP contribution in [-0.4, -0.2) is 60.1 Å².